The van der Waals surface area contributed by atoms with Crippen LogP contribution in [-0.4, -0.2) is 57.3 Å². The highest BCUT2D eigenvalue weighted by Gasteiger charge is 2.69. The topological polar surface area (TPSA) is 102 Å². The number of hydrogen-bond acceptors (Lipinski definition) is 5. The van der Waals surface area contributed by atoms with Gasteiger partial charge < -0.3 is 15.5 Å². The monoisotopic (exact) mass is 439 g/mol. The lowest BCUT2D eigenvalue weighted by Gasteiger charge is -2.66. The highest BCUT2D eigenvalue weighted by atomic mass is 16.3. The van der Waals surface area contributed by atoms with Crippen LogP contribution in [0.4, 0.5) is 4.79 Å². The summed E-state index contributed by atoms with van der Waals surface area (Å²) in [6.07, 6.45) is 9.22. The minimum atomic E-state index is -0.987. The van der Waals surface area contributed by atoms with E-state index in [1.165, 1.54) is 32.1 Å². The van der Waals surface area contributed by atoms with Gasteiger partial charge in [-0.2, -0.15) is 0 Å². The Bertz CT molecular complexity index is 976. The molecule has 0 unspecified atom stereocenters. The number of urea groups is 1. The first-order chi connectivity index (χ1) is 15.4. The van der Waals surface area contributed by atoms with Crippen LogP contribution in [0.15, 0.2) is 18.2 Å². The van der Waals surface area contributed by atoms with Gasteiger partial charge in [-0.3, -0.25) is 15.0 Å². The first-order valence-electron chi connectivity index (χ1n) is 12.3. The number of phenolic OH excluding ortho intramolecular Hbond substituents is 1. The van der Waals surface area contributed by atoms with Gasteiger partial charge in [0.05, 0.1) is 5.60 Å². The number of carbonyl (C=O) groups is 2. The third-order valence-electron chi connectivity index (χ3n) is 9.44. The minimum absolute atomic E-state index is 0.00673. The van der Waals surface area contributed by atoms with Gasteiger partial charge in [0, 0.05) is 18.0 Å². The van der Waals surface area contributed by atoms with Gasteiger partial charge in [-0.25, -0.2) is 4.79 Å². The Kier molecular flexibility index (Phi) is 4.44. The number of aliphatic hydroxyl groups is 1. The number of nitrogens with one attached hydrogen (secondary N) is 2. The number of hydrogen-bond donors (Lipinski definition) is 4. The molecule has 7 nitrogen and oxygen atoms in total. The predicted octanol–water partition coefficient (Wildman–Crippen LogP) is 2.33. The number of carbonyl (C=O) groups excluding carboxylic acids is 2. The third-order valence-corrected chi connectivity index (χ3v) is 9.44. The molecule has 172 valence electrons. The van der Waals surface area contributed by atoms with Crippen LogP contribution >= 0.6 is 0 Å². The highest BCUT2D eigenvalue weighted by molar-refractivity contribution is 6.07. The van der Waals surface area contributed by atoms with E-state index in [2.05, 4.69) is 15.5 Å². The summed E-state index contributed by atoms with van der Waals surface area (Å²) in [5, 5.41) is 28.1. The summed E-state index contributed by atoms with van der Waals surface area (Å²) in [5.41, 5.74) is -0.534. The molecule has 3 aliphatic carbocycles. The van der Waals surface area contributed by atoms with E-state index in [4.69, 9.17) is 0 Å². The van der Waals surface area contributed by atoms with Crippen molar-refractivity contribution in [3.05, 3.63) is 29.3 Å². The lowest BCUT2D eigenvalue weighted by molar-refractivity contribution is -0.182. The van der Waals surface area contributed by atoms with Gasteiger partial charge in [0.1, 0.15) is 11.3 Å². The van der Waals surface area contributed by atoms with Gasteiger partial charge in [0.2, 0.25) is 0 Å². The van der Waals surface area contributed by atoms with E-state index >= 15 is 0 Å². The van der Waals surface area contributed by atoms with Gasteiger partial charge in [0.15, 0.2) is 0 Å². The molecular formula is C25H33N3O4. The second-order valence-electron chi connectivity index (χ2n) is 11.0. The van der Waals surface area contributed by atoms with E-state index in [0.29, 0.717) is 31.6 Å². The zero-order chi connectivity index (χ0) is 22.1. The van der Waals surface area contributed by atoms with Gasteiger partial charge in [-0.05, 0) is 80.7 Å². The molecule has 2 saturated heterocycles. The summed E-state index contributed by atoms with van der Waals surface area (Å²) in [6.45, 7) is 1.89. The van der Waals surface area contributed by atoms with Gasteiger partial charge in [0.25, 0.3) is 5.91 Å². The van der Waals surface area contributed by atoms with E-state index in [0.717, 1.165) is 30.6 Å². The summed E-state index contributed by atoms with van der Waals surface area (Å²) < 4.78 is 0. The Balaban J connectivity index is 1.42. The number of nitrogens with zero attached hydrogens (tertiary/aromatic N) is 1. The first kappa shape index (κ1) is 20.5. The van der Waals surface area contributed by atoms with Gasteiger partial charge in [-0.15, -0.1) is 0 Å². The Labute approximate surface area is 188 Å². The average Bonchev–Trinajstić information content (AvgIpc) is 3.04. The molecule has 2 heterocycles. The van der Waals surface area contributed by atoms with Crippen LogP contribution in [0.5, 0.6) is 5.75 Å². The van der Waals surface area contributed by atoms with Crippen LogP contribution < -0.4 is 10.6 Å². The number of amides is 3. The molecule has 4 atom stereocenters. The van der Waals surface area contributed by atoms with Crippen molar-refractivity contribution in [1.29, 1.82) is 0 Å². The Morgan fingerprint density at radius 3 is 2.66 bits per heavy atom. The third kappa shape index (κ3) is 2.73. The number of rotatable bonds is 2. The maximum atomic E-state index is 12.9. The van der Waals surface area contributed by atoms with Crippen LogP contribution in [0.25, 0.3) is 0 Å². The fourth-order valence-corrected chi connectivity index (χ4v) is 7.89. The van der Waals surface area contributed by atoms with Gasteiger partial charge >= 0.3 is 6.03 Å². The summed E-state index contributed by atoms with van der Waals surface area (Å²) in [5.74, 6) is 0.589. The summed E-state index contributed by atoms with van der Waals surface area (Å²) in [6, 6.07) is 5.05. The lowest BCUT2D eigenvalue weighted by Crippen LogP contribution is -2.76. The van der Waals surface area contributed by atoms with E-state index in [9.17, 15) is 19.8 Å². The van der Waals surface area contributed by atoms with Crippen molar-refractivity contribution >= 4 is 11.9 Å². The zero-order valence-corrected chi connectivity index (χ0v) is 18.5. The van der Waals surface area contributed by atoms with Crippen molar-refractivity contribution in [1.82, 2.24) is 15.5 Å². The van der Waals surface area contributed by atoms with E-state index < -0.39 is 22.6 Å². The molecule has 6 rings (SSSR count). The van der Waals surface area contributed by atoms with Crippen LogP contribution in [0.3, 0.4) is 0 Å². The smallest absolute Gasteiger partial charge is 0.322 e. The molecule has 3 amide bonds. The SMILES string of the molecule is O=C1NC(=O)[C@@]2(CC[C@@]3(O)[C@H]4Cc5ccc(O)cc5[C@@]3(CCN4CC3CCCCC3)C2)N1. The number of benzene rings is 1. The number of piperidine rings is 1. The average molecular weight is 440 g/mol. The zero-order valence-electron chi connectivity index (χ0n) is 18.5. The molecule has 2 bridgehead atoms. The Morgan fingerprint density at radius 2 is 1.91 bits per heavy atom. The van der Waals surface area contributed by atoms with Crippen LogP contribution in [0, 0.1) is 5.92 Å². The first-order valence-corrected chi connectivity index (χ1v) is 12.3. The van der Waals surface area contributed by atoms with Crippen molar-refractivity contribution < 1.29 is 19.8 Å². The fraction of sp³-hybridized carbons (Fsp3) is 0.680. The van der Waals surface area contributed by atoms with Crippen molar-refractivity contribution in [2.75, 3.05) is 13.1 Å². The predicted molar refractivity (Wildman–Crippen MR) is 118 cm³/mol. The van der Waals surface area contributed by atoms with Crippen LogP contribution in [0.1, 0.15) is 68.9 Å². The lowest BCUT2D eigenvalue weighted by atomic mass is 9.46. The molecule has 32 heavy (non-hydrogen) atoms. The van der Waals surface area contributed by atoms with Crippen molar-refractivity contribution in [2.24, 2.45) is 5.92 Å². The second-order valence-corrected chi connectivity index (χ2v) is 11.0. The van der Waals surface area contributed by atoms with Crippen LogP contribution in [-0.2, 0) is 16.6 Å². The summed E-state index contributed by atoms with van der Waals surface area (Å²) >= 11 is 0. The fourth-order valence-electron chi connectivity index (χ4n) is 7.89. The molecule has 7 heteroatoms. The maximum absolute atomic E-state index is 12.9. The molecule has 4 N–H and O–H groups in total. The van der Waals surface area contributed by atoms with E-state index in [1.54, 1.807) is 12.1 Å². The number of phenols is 1. The summed E-state index contributed by atoms with van der Waals surface area (Å²) in [7, 11) is 0. The number of fused-ring (bicyclic) bond motifs is 1. The largest absolute Gasteiger partial charge is 0.508 e. The minimum Gasteiger partial charge on any atom is -0.508 e. The van der Waals surface area contributed by atoms with E-state index in [1.807, 2.05) is 6.07 Å². The molecule has 5 aliphatic rings. The molecule has 0 radical (unpaired) electrons. The van der Waals surface area contributed by atoms with E-state index in [-0.39, 0.29) is 17.7 Å². The molecule has 4 fully saturated rings. The quantitative estimate of drug-likeness (QED) is 0.530. The number of imide groups is 1. The standard InChI is InChI=1S/C25H33N3O4/c29-18-7-6-17-12-20-25(32)9-8-24(21(30)26-22(31)27-24)15-23(25,19(17)13-18)10-11-28(20)14-16-4-2-1-3-5-16/h6-7,13,16,20,29,32H,1-5,8-12,14-15H2,(H2,26,27,30,31)/t20-,23-,24+,25-/m1/s1. The Morgan fingerprint density at radius 1 is 1.09 bits per heavy atom. The van der Waals surface area contributed by atoms with Crippen LogP contribution in [0.2, 0.25) is 0 Å². The molecular weight excluding hydrogens is 406 g/mol. The number of aromatic hydroxyl groups is 1. The van der Waals surface area contributed by atoms with Gasteiger partial charge in [-0.1, -0.05) is 25.3 Å². The molecule has 1 spiro atoms. The summed E-state index contributed by atoms with van der Waals surface area (Å²) in [4.78, 5) is 27.4. The molecule has 1 aromatic carbocycles. The van der Waals surface area contributed by atoms with Crippen molar-refractivity contribution in [3.8, 4) is 5.75 Å². The molecule has 1 aromatic rings. The molecule has 2 aliphatic heterocycles. The Hall–Kier alpha value is -2.12. The second kappa shape index (κ2) is 6.94. The van der Waals surface area contributed by atoms with Crippen molar-refractivity contribution in [2.45, 2.75) is 86.8 Å². The molecule has 0 aromatic heterocycles. The maximum Gasteiger partial charge on any atom is 0.322 e. The highest BCUT2D eigenvalue weighted by Crippen LogP contribution is 2.60. The molecule has 2 saturated carbocycles. The normalized spacial score (nSPS) is 39.3. The van der Waals surface area contributed by atoms with Crippen molar-refractivity contribution in [3.63, 3.8) is 0 Å². The number of likely N-dealkylation sites (tertiary alicyclic amines) is 1.